The quantitative estimate of drug-likeness (QED) is 0.345. The van der Waals surface area contributed by atoms with Crippen molar-refractivity contribution in [2.45, 2.75) is 79.1 Å². The fourth-order valence-corrected chi connectivity index (χ4v) is 1.39. The fraction of sp³-hybridized carbons (Fsp3) is 0.875. The van der Waals surface area contributed by atoms with E-state index in [1.807, 2.05) is 0 Å². The van der Waals surface area contributed by atoms with E-state index in [1.54, 1.807) is 0 Å². The molecule has 2 atom stereocenters. The van der Waals surface area contributed by atoms with Crippen molar-refractivity contribution in [1.82, 2.24) is 0 Å². The van der Waals surface area contributed by atoms with Gasteiger partial charge in [-0.3, -0.25) is 0 Å². The summed E-state index contributed by atoms with van der Waals surface area (Å²) in [6.07, 6.45) is 10.4. The van der Waals surface area contributed by atoms with Crippen LogP contribution in [0.3, 0.4) is 0 Å². The van der Waals surface area contributed by atoms with Gasteiger partial charge in [0, 0.05) is 0 Å². The van der Waals surface area contributed by atoms with Gasteiger partial charge in [-0.1, -0.05) is 79.1 Å². The second-order valence-electron chi connectivity index (χ2n) is 5.28. The number of rotatable bonds is 8. The second-order valence-corrected chi connectivity index (χ2v) is 6.17. The predicted octanol–water partition coefficient (Wildman–Crippen LogP) is 3.25. The maximum Gasteiger partial charge on any atom is 3.00 e. The molecule has 0 saturated heterocycles. The van der Waals surface area contributed by atoms with Crippen LogP contribution in [0.15, 0.2) is 0 Å². The molecule has 0 N–H and O–H groups in total. The Hall–Kier alpha value is 0.798. The molecule has 0 rings (SSSR count). The standard InChI is InChI=1S/2C8H17.Mo.H3O4P/c2*1-4-6-7-8(3)5-2;;1-5(2,3)4/h2*8H,3-7H2,1-2H3;;(H3,1,2,3,4)/q2*-1;+3;/p-3. The van der Waals surface area contributed by atoms with Crippen LogP contribution in [0, 0.1) is 25.7 Å². The number of hydrogen-bond donors (Lipinski definition) is 0. The summed E-state index contributed by atoms with van der Waals surface area (Å²) in [6.45, 7) is 16.8. The van der Waals surface area contributed by atoms with Crippen molar-refractivity contribution in [3.8, 4) is 0 Å². The summed E-state index contributed by atoms with van der Waals surface area (Å²) in [6, 6.07) is 0. The zero-order chi connectivity index (χ0) is 17.3. The Bertz CT molecular complexity index is 212. The van der Waals surface area contributed by atoms with E-state index in [1.165, 1.54) is 51.4 Å². The van der Waals surface area contributed by atoms with Gasteiger partial charge < -0.3 is 33.1 Å². The summed E-state index contributed by atoms with van der Waals surface area (Å²) in [7, 11) is -5.39. The van der Waals surface area contributed by atoms with Crippen molar-refractivity contribution in [3.05, 3.63) is 13.8 Å². The number of hydrogen-bond acceptors (Lipinski definition) is 4. The molecule has 0 aliphatic heterocycles. The van der Waals surface area contributed by atoms with Crippen molar-refractivity contribution in [2.24, 2.45) is 11.8 Å². The van der Waals surface area contributed by atoms with E-state index in [4.69, 9.17) is 19.2 Å². The van der Waals surface area contributed by atoms with Gasteiger partial charge in [0.15, 0.2) is 0 Å². The van der Waals surface area contributed by atoms with Crippen LogP contribution in [0.5, 0.6) is 0 Å². The van der Waals surface area contributed by atoms with Crippen LogP contribution in [-0.4, -0.2) is 0 Å². The molecule has 0 heterocycles. The third-order valence-corrected chi connectivity index (χ3v) is 3.09. The van der Waals surface area contributed by atoms with E-state index in [0.717, 1.165) is 0 Å². The number of phosphoric acid groups is 1. The SMILES string of the molecule is O=P([O-])([O-])[O-].[CH2-]C(CC)CCCC.[CH2-]C(CC)CCCC.[Mo+3]. The number of unbranched alkanes of at least 4 members (excludes halogenated alkanes) is 2. The average Bonchev–Trinajstić information content (AvgIpc) is 2.40. The van der Waals surface area contributed by atoms with E-state index < -0.39 is 7.82 Å². The molecule has 0 amide bonds. The minimum Gasteiger partial charge on any atom is -0.822 e. The molecular formula is C16H34MoO4P-2. The van der Waals surface area contributed by atoms with Gasteiger partial charge in [0.2, 0.25) is 0 Å². The van der Waals surface area contributed by atoms with Crippen LogP contribution in [0.1, 0.15) is 79.1 Å². The van der Waals surface area contributed by atoms with E-state index in [0.29, 0.717) is 11.8 Å². The Morgan fingerprint density at radius 3 is 1.18 bits per heavy atom. The molecule has 135 valence electrons. The molecule has 0 bridgehead atoms. The van der Waals surface area contributed by atoms with Gasteiger partial charge in [-0.25, -0.2) is 0 Å². The summed E-state index contributed by atoms with van der Waals surface area (Å²) in [4.78, 5) is 25.6. The van der Waals surface area contributed by atoms with Crippen molar-refractivity contribution in [1.29, 1.82) is 0 Å². The first-order chi connectivity index (χ1) is 9.62. The van der Waals surface area contributed by atoms with Gasteiger partial charge in [0.05, 0.1) is 0 Å². The van der Waals surface area contributed by atoms with Crippen LogP contribution < -0.4 is 14.7 Å². The minimum absolute atomic E-state index is 0. The first kappa shape index (κ1) is 30.7. The van der Waals surface area contributed by atoms with Gasteiger partial charge in [-0.2, -0.15) is 19.7 Å². The molecule has 0 aliphatic rings. The smallest absolute Gasteiger partial charge is 0.822 e. The molecule has 0 aliphatic carbocycles. The maximum absolute atomic E-state index is 8.55. The summed E-state index contributed by atoms with van der Waals surface area (Å²) >= 11 is 0. The molecule has 22 heavy (non-hydrogen) atoms. The van der Waals surface area contributed by atoms with Gasteiger partial charge in [-0.15, -0.1) is 0 Å². The molecule has 0 fully saturated rings. The second kappa shape index (κ2) is 21.8. The third kappa shape index (κ3) is 49.8. The molecule has 0 saturated carbocycles. The Balaban J connectivity index is -0.000000111. The zero-order valence-electron chi connectivity index (χ0n) is 14.7. The van der Waals surface area contributed by atoms with E-state index in [9.17, 15) is 0 Å². The topological polar surface area (TPSA) is 86.2 Å². The predicted molar refractivity (Wildman–Crippen MR) is 84.9 cm³/mol. The maximum atomic E-state index is 8.55. The van der Waals surface area contributed by atoms with E-state index in [-0.39, 0.29) is 21.1 Å². The Morgan fingerprint density at radius 2 is 1.05 bits per heavy atom. The minimum atomic E-state index is -5.39. The summed E-state index contributed by atoms with van der Waals surface area (Å²) in [5.74, 6) is 1.41. The molecule has 2 unspecified atom stereocenters. The van der Waals surface area contributed by atoms with Gasteiger partial charge in [-0.05, 0) is 0 Å². The molecule has 0 spiro atoms. The van der Waals surface area contributed by atoms with Crippen molar-refractivity contribution < 1.29 is 40.3 Å². The van der Waals surface area contributed by atoms with Gasteiger partial charge >= 0.3 is 21.1 Å². The van der Waals surface area contributed by atoms with Crippen LogP contribution >= 0.6 is 7.82 Å². The van der Waals surface area contributed by atoms with Crippen LogP contribution in [0.4, 0.5) is 0 Å². The fourth-order valence-electron chi connectivity index (χ4n) is 1.39. The van der Waals surface area contributed by atoms with Crippen LogP contribution in [0.2, 0.25) is 0 Å². The molecule has 6 heteroatoms. The van der Waals surface area contributed by atoms with E-state index in [2.05, 4.69) is 41.5 Å². The molecule has 0 aromatic carbocycles. The third-order valence-electron chi connectivity index (χ3n) is 3.09. The molecule has 4 nitrogen and oxygen atoms in total. The molecule has 0 aromatic heterocycles. The molecular weight excluding hydrogens is 383 g/mol. The Kier molecular flexibility index (Phi) is 30.4. The molecule has 1 radical (unpaired) electrons. The summed E-state index contributed by atoms with van der Waals surface area (Å²) in [5, 5.41) is 0. The normalized spacial score (nSPS) is 12.8. The van der Waals surface area contributed by atoms with Crippen LogP contribution in [-0.2, 0) is 25.6 Å². The Labute approximate surface area is 153 Å². The van der Waals surface area contributed by atoms with Crippen LogP contribution in [0.25, 0.3) is 0 Å². The summed E-state index contributed by atoms with van der Waals surface area (Å²) in [5.41, 5.74) is 0. The van der Waals surface area contributed by atoms with Crippen molar-refractivity contribution in [2.75, 3.05) is 0 Å². The average molecular weight is 417 g/mol. The first-order valence-corrected chi connectivity index (χ1v) is 9.47. The Morgan fingerprint density at radius 1 is 0.818 bits per heavy atom. The van der Waals surface area contributed by atoms with E-state index >= 15 is 0 Å². The zero-order valence-corrected chi connectivity index (χ0v) is 17.6. The van der Waals surface area contributed by atoms with Gasteiger partial charge in [0.1, 0.15) is 0 Å². The van der Waals surface area contributed by atoms with Crippen molar-refractivity contribution in [3.63, 3.8) is 0 Å². The largest absolute Gasteiger partial charge is 3.00 e. The van der Waals surface area contributed by atoms with Crippen molar-refractivity contribution >= 4 is 7.82 Å². The van der Waals surface area contributed by atoms with Gasteiger partial charge in [0.25, 0.3) is 0 Å². The first-order valence-electron chi connectivity index (χ1n) is 8.01. The monoisotopic (exact) mass is 419 g/mol. The molecule has 0 aromatic rings. The summed E-state index contributed by atoms with van der Waals surface area (Å²) < 4.78 is 8.55.